The van der Waals surface area contributed by atoms with Gasteiger partial charge in [0.1, 0.15) is 5.78 Å². The number of aromatic nitrogens is 1. The van der Waals surface area contributed by atoms with Gasteiger partial charge in [0.05, 0.1) is 41.0 Å². The molecule has 5 atom stereocenters. The number of hydrogen-bond acceptors (Lipinski definition) is 7. The minimum atomic E-state index is -2.18. The van der Waals surface area contributed by atoms with Gasteiger partial charge < -0.3 is 18.3 Å². The molecule has 0 saturated carbocycles. The predicted octanol–water partition coefficient (Wildman–Crippen LogP) is 13.3. The zero-order chi connectivity index (χ0) is 40.8. The Morgan fingerprint density at radius 3 is 2.11 bits per heavy atom. The number of Topliss-reactive ketones (excluding diaryl/α,β-unsaturated/α-hetero) is 1. The van der Waals surface area contributed by atoms with Crippen LogP contribution in [0.25, 0.3) is 6.08 Å². The summed E-state index contributed by atoms with van der Waals surface area (Å²) in [6, 6.07) is 0. The highest BCUT2D eigenvalue weighted by molar-refractivity contribution is 7.09. The second kappa shape index (κ2) is 19.0. The molecule has 53 heavy (non-hydrogen) atoms. The molecule has 1 aromatic rings. The molecule has 2 rings (SSSR count). The number of thiazole rings is 1. The number of rotatable bonds is 19. The zero-order valence-electron chi connectivity index (χ0n) is 37.7. The number of carbonyl (C=O) groups excluding carboxylic acids is 1. The van der Waals surface area contributed by atoms with Crippen molar-refractivity contribution in [1.29, 1.82) is 0 Å². The van der Waals surface area contributed by atoms with Crippen molar-refractivity contribution in [3.63, 3.8) is 0 Å². The molecule has 2 heterocycles. The molecule has 0 bridgehead atoms. The summed E-state index contributed by atoms with van der Waals surface area (Å²) in [6.07, 6.45) is 10.7. The van der Waals surface area contributed by atoms with Gasteiger partial charge in [-0.1, -0.05) is 87.3 Å². The average Bonchev–Trinajstić information content (AvgIpc) is 3.42. The lowest BCUT2D eigenvalue weighted by Gasteiger charge is -2.47. The number of hydrogen-bond donors (Lipinski definition) is 0. The van der Waals surface area contributed by atoms with Crippen molar-refractivity contribution in [2.45, 2.75) is 209 Å². The summed E-state index contributed by atoms with van der Waals surface area (Å²) in [5.74, 6) is -0.364. The Hall–Kier alpha value is -0.946. The van der Waals surface area contributed by atoms with Crippen LogP contribution in [0.1, 0.15) is 153 Å². The van der Waals surface area contributed by atoms with Crippen LogP contribution in [0.3, 0.4) is 0 Å². The van der Waals surface area contributed by atoms with Crippen molar-refractivity contribution in [2.24, 2.45) is 17.3 Å². The third kappa shape index (κ3) is 13.9. The fourth-order valence-corrected chi connectivity index (χ4v) is 10.1. The monoisotopic (exact) mass is 792 g/mol. The first-order valence-electron chi connectivity index (χ1n) is 20.5. The first-order chi connectivity index (χ1) is 24.0. The summed E-state index contributed by atoms with van der Waals surface area (Å²) in [7, 11) is -4.18. The highest BCUT2D eigenvalue weighted by atomic mass is 32.1. The Balaban J connectivity index is 2.32. The normalized spacial score (nSPS) is 20.6. The predicted molar refractivity (Wildman–Crippen MR) is 233 cm³/mol. The van der Waals surface area contributed by atoms with Crippen LogP contribution in [-0.4, -0.2) is 58.1 Å². The van der Waals surface area contributed by atoms with E-state index in [0.717, 1.165) is 55.6 Å². The van der Waals surface area contributed by atoms with Gasteiger partial charge in [-0.2, -0.15) is 0 Å². The van der Waals surface area contributed by atoms with E-state index in [9.17, 15) is 4.79 Å². The highest BCUT2D eigenvalue weighted by Crippen LogP contribution is 2.44. The molecule has 1 aliphatic rings. The lowest BCUT2D eigenvalue weighted by atomic mass is 9.70. The van der Waals surface area contributed by atoms with Gasteiger partial charge in [-0.25, -0.2) is 4.98 Å². The number of ketones is 1. The summed E-state index contributed by atoms with van der Waals surface area (Å²) in [4.78, 5) is 19.5. The molecule has 0 aliphatic carbocycles. The summed E-state index contributed by atoms with van der Waals surface area (Å²) < 4.78 is 26.6. The molecule has 0 N–H and O–H groups in total. The summed E-state index contributed by atoms with van der Waals surface area (Å²) in [5.41, 5.74) is 2.99. The van der Waals surface area contributed by atoms with Crippen LogP contribution in [-0.2, 0) is 23.1 Å². The molecule has 1 aromatic heterocycles. The molecule has 0 radical (unpaired) electrons. The average molecular weight is 792 g/mol. The fraction of sp³-hybridized carbons (Fsp3) is 0.818. The van der Waals surface area contributed by atoms with E-state index < -0.39 is 27.8 Å². The summed E-state index contributed by atoms with van der Waals surface area (Å²) >= 11 is 1.69. The second-order valence-corrected chi connectivity index (χ2v) is 30.7. The second-order valence-electron chi connectivity index (χ2n) is 20.2. The van der Waals surface area contributed by atoms with Crippen molar-refractivity contribution in [3.05, 3.63) is 33.3 Å². The van der Waals surface area contributed by atoms with Crippen LogP contribution in [0.4, 0.5) is 0 Å². The molecular formula is C44H81NO5SSi2. The molecule has 0 spiro atoms. The Kier molecular flexibility index (Phi) is 17.3. The topological polar surface area (TPSA) is 66.9 Å². The Bertz CT molecular complexity index is 1380. The first kappa shape index (κ1) is 48.2. The van der Waals surface area contributed by atoms with E-state index in [1.165, 1.54) is 11.1 Å². The molecule has 1 saturated heterocycles. The van der Waals surface area contributed by atoms with Crippen molar-refractivity contribution in [3.8, 4) is 0 Å². The Morgan fingerprint density at radius 2 is 1.60 bits per heavy atom. The van der Waals surface area contributed by atoms with Crippen molar-refractivity contribution in [1.82, 2.24) is 4.98 Å². The number of carbonyl (C=O) groups is 1. The molecule has 1 aliphatic heterocycles. The van der Waals surface area contributed by atoms with Gasteiger partial charge in [0.15, 0.2) is 22.4 Å². The van der Waals surface area contributed by atoms with E-state index in [1.807, 2.05) is 13.8 Å². The quantitative estimate of drug-likeness (QED) is 0.103. The third-order valence-electron chi connectivity index (χ3n) is 12.5. The van der Waals surface area contributed by atoms with Crippen molar-refractivity contribution in [2.75, 3.05) is 6.61 Å². The summed E-state index contributed by atoms with van der Waals surface area (Å²) in [5, 5.41) is 3.38. The maximum Gasteiger partial charge on any atom is 0.192 e. The van der Waals surface area contributed by atoms with Gasteiger partial charge in [-0.3, -0.25) is 4.79 Å². The van der Waals surface area contributed by atoms with Crippen LogP contribution in [0.15, 0.2) is 22.6 Å². The molecule has 0 amide bonds. The third-order valence-corrected chi connectivity index (χ3v) is 22.3. The van der Waals surface area contributed by atoms with E-state index in [-0.39, 0.29) is 46.0 Å². The molecule has 1 fully saturated rings. The molecule has 0 aromatic carbocycles. The summed E-state index contributed by atoms with van der Waals surface area (Å²) in [6.45, 7) is 42.9. The number of nitrogens with zero attached hydrogens (tertiary/aromatic N) is 1. The standard InChI is InChI=1S/C44H81NO5SSi2/c1-20-22-36(40(46)43(12,13)38-27-28-47-44(14,15)48-38)39(50-53(18,19)42(9,10)11)32(3)24-21-23-31(2)25-26-37(49-52(16,17)41(6,7)8)33(4)29-35-30-51-34(5)45-35/h25,29-30,32,36-39H,20-24,26-28H2,1-19H3/b31-25-,33-29+/t32-,36+,37-,38-,39-/m0/s1. The molecule has 9 heteroatoms. The molecule has 306 valence electrons. The number of allylic oxidation sites excluding steroid dienone is 1. The molecule has 6 nitrogen and oxygen atoms in total. The van der Waals surface area contributed by atoms with Crippen LogP contribution < -0.4 is 0 Å². The maximum atomic E-state index is 14.8. The van der Waals surface area contributed by atoms with Crippen LogP contribution in [0.2, 0.25) is 36.3 Å². The van der Waals surface area contributed by atoms with E-state index in [2.05, 4.69) is 134 Å². The lowest BCUT2D eigenvalue weighted by Crippen LogP contribution is -2.54. The van der Waals surface area contributed by atoms with Crippen LogP contribution >= 0.6 is 11.3 Å². The fourth-order valence-electron chi connectivity index (χ4n) is 6.77. The van der Waals surface area contributed by atoms with Gasteiger partial charge in [0, 0.05) is 11.3 Å². The van der Waals surface area contributed by atoms with Gasteiger partial charge in [-0.15, -0.1) is 11.3 Å². The van der Waals surface area contributed by atoms with Crippen LogP contribution in [0.5, 0.6) is 0 Å². The number of aryl methyl sites for hydroxylation is 1. The van der Waals surface area contributed by atoms with E-state index in [0.29, 0.717) is 6.61 Å². The van der Waals surface area contributed by atoms with E-state index >= 15 is 0 Å². The van der Waals surface area contributed by atoms with Gasteiger partial charge in [0.25, 0.3) is 0 Å². The van der Waals surface area contributed by atoms with Gasteiger partial charge in [-0.05, 0) is 127 Å². The highest BCUT2D eigenvalue weighted by Gasteiger charge is 2.49. The van der Waals surface area contributed by atoms with Crippen molar-refractivity contribution < 1.29 is 23.1 Å². The minimum absolute atomic E-state index is 0.0172. The lowest BCUT2D eigenvalue weighted by molar-refractivity contribution is -0.289. The molecular weight excluding hydrogens is 711 g/mol. The van der Waals surface area contributed by atoms with Gasteiger partial charge >= 0.3 is 0 Å². The Labute approximate surface area is 332 Å². The smallest absolute Gasteiger partial charge is 0.192 e. The number of ether oxygens (including phenoxy) is 2. The van der Waals surface area contributed by atoms with Crippen molar-refractivity contribution >= 4 is 39.8 Å². The van der Waals surface area contributed by atoms with E-state index in [4.69, 9.17) is 23.3 Å². The van der Waals surface area contributed by atoms with Gasteiger partial charge in [0.2, 0.25) is 0 Å². The molecule has 0 unspecified atom stereocenters. The SMILES string of the molecule is CCC[C@@H](C(=O)C(C)(C)[C@@H]1CCOC(C)(C)O1)[C@@H](O[Si](C)(C)C(C)(C)C)[C@@H](C)CCC/C(C)=C\C[C@H](O[Si](C)(C)C(C)(C)C)/C(C)=C/c1csc(C)n1. The van der Waals surface area contributed by atoms with E-state index in [1.54, 1.807) is 11.3 Å². The largest absolute Gasteiger partial charge is 0.413 e. The maximum absolute atomic E-state index is 14.8. The minimum Gasteiger partial charge on any atom is -0.413 e. The Morgan fingerprint density at radius 1 is 1.02 bits per heavy atom. The first-order valence-corrected chi connectivity index (χ1v) is 27.2. The zero-order valence-corrected chi connectivity index (χ0v) is 40.5. The van der Waals surface area contributed by atoms with Crippen LogP contribution in [0, 0.1) is 24.2 Å².